The molecule has 1 heterocycles. The van der Waals surface area contributed by atoms with Gasteiger partial charge in [0, 0.05) is 6.92 Å². The molecule has 7 heteroatoms. The van der Waals surface area contributed by atoms with Crippen molar-refractivity contribution in [2.45, 2.75) is 37.6 Å². The lowest BCUT2D eigenvalue weighted by atomic mass is 9.97. The third kappa shape index (κ3) is 2.64. The Morgan fingerprint density at radius 1 is 1.33 bits per heavy atom. The summed E-state index contributed by atoms with van der Waals surface area (Å²) in [5.74, 6) is -0.462. The predicted octanol–water partition coefficient (Wildman–Crippen LogP) is -3.08. The Kier molecular flexibility index (Phi) is 4.00. The van der Waals surface area contributed by atoms with Gasteiger partial charge in [0.25, 0.3) is 0 Å². The topological polar surface area (TPSA) is 119 Å². The van der Waals surface area contributed by atoms with E-state index in [2.05, 4.69) is 5.32 Å². The van der Waals surface area contributed by atoms with E-state index in [-0.39, 0.29) is 0 Å². The summed E-state index contributed by atoms with van der Waals surface area (Å²) >= 11 is 0. The fourth-order valence-electron chi connectivity index (χ4n) is 1.49. The highest BCUT2D eigenvalue weighted by Gasteiger charge is 2.43. The standard InChI is InChI=1S/C8H15NO6/c1-3(11)9-5-7(13)6(12)4(2-10)15-8(5)14/h4-8,10,12-14H,2H2,1H3,(H,9,11)/t4-,5-,6-,7+,8-/m1/s1. The van der Waals surface area contributed by atoms with Gasteiger partial charge in [-0.3, -0.25) is 4.79 Å². The highest BCUT2D eigenvalue weighted by atomic mass is 16.6. The van der Waals surface area contributed by atoms with E-state index in [0.717, 1.165) is 0 Å². The van der Waals surface area contributed by atoms with Gasteiger partial charge in [-0.1, -0.05) is 0 Å². The summed E-state index contributed by atoms with van der Waals surface area (Å²) in [6.45, 7) is 0.687. The number of aliphatic hydroxyl groups is 4. The molecule has 0 radical (unpaired) electrons. The highest BCUT2D eigenvalue weighted by molar-refractivity contribution is 5.73. The zero-order chi connectivity index (χ0) is 11.6. The summed E-state index contributed by atoms with van der Waals surface area (Å²) < 4.78 is 4.81. The van der Waals surface area contributed by atoms with Gasteiger partial charge in [0.2, 0.25) is 5.91 Å². The van der Waals surface area contributed by atoms with Crippen LogP contribution in [0.4, 0.5) is 0 Å². The first kappa shape index (κ1) is 12.3. The van der Waals surface area contributed by atoms with Crippen LogP contribution in [0.2, 0.25) is 0 Å². The van der Waals surface area contributed by atoms with E-state index in [1.165, 1.54) is 6.92 Å². The summed E-state index contributed by atoms with van der Waals surface area (Å²) in [6.07, 6.45) is -5.24. The van der Waals surface area contributed by atoms with Crippen molar-refractivity contribution in [3.63, 3.8) is 0 Å². The van der Waals surface area contributed by atoms with Gasteiger partial charge in [0.1, 0.15) is 24.4 Å². The van der Waals surface area contributed by atoms with E-state index < -0.39 is 43.2 Å². The molecule has 1 saturated heterocycles. The van der Waals surface area contributed by atoms with Crippen molar-refractivity contribution in [1.82, 2.24) is 5.32 Å². The molecule has 1 amide bonds. The maximum absolute atomic E-state index is 10.7. The van der Waals surface area contributed by atoms with Crippen molar-refractivity contribution in [1.29, 1.82) is 0 Å². The molecular formula is C8H15NO6. The molecule has 15 heavy (non-hydrogen) atoms. The second-order valence-corrected chi connectivity index (χ2v) is 3.46. The molecule has 0 bridgehead atoms. The number of hydrogen-bond acceptors (Lipinski definition) is 6. The van der Waals surface area contributed by atoms with Crippen LogP contribution in [0.1, 0.15) is 6.92 Å². The normalized spacial score (nSPS) is 41.3. The largest absolute Gasteiger partial charge is 0.394 e. The molecule has 1 aliphatic heterocycles. The molecule has 0 aromatic carbocycles. The summed E-state index contributed by atoms with van der Waals surface area (Å²) in [7, 11) is 0. The van der Waals surface area contributed by atoms with Gasteiger partial charge >= 0.3 is 0 Å². The van der Waals surface area contributed by atoms with Crippen molar-refractivity contribution >= 4 is 5.91 Å². The van der Waals surface area contributed by atoms with Gasteiger partial charge < -0.3 is 30.5 Å². The molecule has 0 aliphatic carbocycles. The predicted molar refractivity (Wildman–Crippen MR) is 47.6 cm³/mol. The molecule has 1 aliphatic rings. The molecule has 5 N–H and O–H groups in total. The van der Waals surface area contributed by atoms with Crippen LogP contribution in [0.15, 0.2) is 0 Å². The minimum atomic E-state index is -1.45. The van der Waals surface area contributed by atoms with Gasteiger partial charge in [0.05, 0.1) is 6.61 Å². The van der Waals surface area contributed by atoms with Crippen molar-refractivity contribution in [2.24, 2.45) is 0 Å². The summed E-state index contributed by atoms with van der Waals surface area (Å²) in [5.41, 5.74) is 0. The Balaban J connectivity index is 2.70. The van der Waals surface area contributed by atoms with E-state index in [9.17, 15) is 20.1 Å². The van der Waals surface area contributed by atoms with Crippen LogP contribution in [0, 0.1) is 0 Å². The summed E-state index contributed by atoms with van der Waals surface area (Å²) in [5, 5.41) is 39.4. The first-order valence-electron chi connectivity index (χ1n) is 4.55. The fraction of sp³-hybridized carbons (Fsp3) is 0.875. The molecule has 1 fully saturated rings. The van der Waals surface area contributed by atoms with Crippen LogP contribution >= 0.6 is 0 Å². The van der Waals surface area contributed by atoms with Crippen molar-refractivity contribution < 1.29 is 30.0 Å². The van der Waals surface area contributed by atoms with E-state index in [4.69, 9.17) is 9.84 Å². The number of nitrogens with one attached hydrogen (secondary N) is 1. The Morgan fingerprint density at radius 3 is 2.40 bits per heavy atom. The quantitative estimate of drug-likeness (QED) is 0.337. The lowest BCUT2D eigenvalue weighted by molar-refractivity contribution is -0.253. The van der Waals surface area contributed by atoms with Crippen LogP contribution in [0.3, 0.4) is 0 Å². The molecular weight excluding hydrogens is 206 g/mol. The summed E-state index contributed by atoms with van der Waals surface area (Å²) in [4.78, 5) is 10.7. The molecule has 0 aromatic rings. The average molecular weight is 221 g/mol. The smallest absolute Gasteiger partial charge is 0.217 e. The number of carbonyl (C=O) groups excluding carboxylic acids is 1. The van der Waals surface area contributed by atoms with Gasteiger partial charge in [0.15, 0.2) is 6.29 Å². The molecule has 7 nitrogen and oxygen atoms in total. The zero-order valence-corrected chi connectivity index (χ0v) is 8.20. The minimum Gasteiger partial charge on any atom is -0.394 e. The monoisotopic (exact) mass is 221 g/mol. The van der Waals surface area contributed by atoms with Gasteiger partial charge in [-0.15, -0.1) is 0 Å². The van der Waals surface area contributed by atoms with Crippen LogP contribution < -0.4 is 5.32 Å². The zero-order valence-electron chi connectivity index (χ0n) is 8.20. The molecule has 0 saturated carbocycles. The maximum Gasteiger partial charge on any atom is 0.217 e. The first-order chi connectivity index (χ1) is 6.97. The number of rotatable bonds is 2. The molecule has 0 unspecified atom stereocenters. The lowest BCUT2D eigenvalue weighted by Crippen LogP contribution is -2.63. The first-order valence-corrected chi connectivity index (χ1v) is 4.55. The van der Waals surface area contributed by atoms with E-state index in [0.29, 0.717) is 0 Å². The van der Waals surface area contributed by atoms with Gasteiger partial charge in [-0.25, -0.2) is 0 Å². The van der Waals surface area contributed by atoms with Crippen molar-refractivity contribution in [3.8, 4) is 0 Å². The molecule has 5 atom stereocenters. The molecule has 0 aromatic heterocycles. The highest BCUT2D eigenvalue weighted by Crippen LogP contribution is 2.19. The number of amides is 1. The fourth-order valence-corrected chi connectivity index (χ4v) is 1.49. The number of carbonyl (C=O) groups is 1. The van der Waals surface area contributed by atoms with E-state index >= 15 is 0 Å². The Bertz CT molecular complexity index is 235. The van der Waals surface area contributed by atoms with Crippen LogP contribution in [0.5, 0.6) is 0 Å². The van der Waals surface area contributed by atoms with E-state index in [1.54, 1.807) is 0 Å². The SMILES string of the molecule is CC(=O)N[C@@H]1[C@H](O)[C@H](O)[C@@H](CO)O[C@H]1O. The second-order valence-electron chi connectivity index (χ2n) is 3.46. The number of ether oxygens (including phenoxy) is 1. The average Bonchev–Trinajstić information content (AvgIpc) is 2.18. The Labute approximate surface area is 86.3 Å². The minimum absolute atomic E-state index is 0.462. The van der Waals surface area contributed by atoms with Crippen molar-refractivity contribution in [2.75, 3.05) is 6.61 Å². The third-order valence-corrected chi connectivity index (χ3v) is 2.27. The second kappa shape index (κ2) is 4.86. The third-order valence-electron chi connectivity index (χ3n) is 2.27. The van der Waals surface area contributed by atoms with Crippen LogP contribution in [-0.4, -0.2) is 63.6 Å². The Morgan fingerprint density at radius 2 is 1.93 bits per heavy atom. The van der Waals surface area contributed by atoms with Gasteiger partial charge in [-0.05, 0) is 0 Å². The van der Waals surface area contributed by atoms with Crippen LogP contribution in [-0.2, 0) is 9.53 Å². The molecule has 88 valence electrons. The molecule has 0 spiro atoms. The maximum atomic E-state index is 10.7. The van der Waals surface area contributed by atoms with Crippen LogP contribution in [0.25, 0.3) is 0 Å². The van der Waals surface area contributed by atoms with Crippen molar-refractivity contribution in [3.05, 3.63) is 0 Å². The lowest BCUT2D eigenvalue weighted by Gasteiger charge is -2.40. The number of aliphatic hydroxyl groups excluding tert-OH is 4. The molecule has 1 rings (SSSR count). The Hall–Kier alpha value is -0.730. The van der Waals surface area contributed by atoms with Gasteiger partial charge in [-0.2, -0.15) is 0 Å². The van der Waals surface area contributed by atoms with E-state index in [1.807, 2.05) is 0 Å². The number of hydrogen-bond donors (Lipinski definition) is 5. The summed E-state index contributed by atoms with van der Waals surface area (Å²) in [6, 6.07) is -1.10.